The Hall–Kier alpha value is -0.930. The summed E-state index contributed by atoms with van der Waals surface area (Å²) in [7, 11) is 3.23. The second-order valence-electron chi connectivity index (χ2n) is 4.20. The van der Waals surface area contributed by atoms with Gasteiger partial charge in [0.15, 0.2) is 0 Å². The molecule has 0 aromatic heterocycles. The van der Waals surface area contributed by atoms with Crippen molar-refractivity contribution in [1.82, 2.24) is 0 Å². The zero-order valence-corrected chi connectivity index (χ0v) is 10.3. The molecule has 2 N–H and O–H groups in total. The summed E-state index contributed by atoms with van der Waals surface area (Å²) in [5.41, 5.74) is 7.01. The highest BCUT2D eigenvalue weighted by atomic mass is 35.5. The molecule has 0 bridgehead atoms. The normalized spacial score (nSPS) is 17.8. The first-order valence-corrected chi connectivity index (χ1v) is 5.69. The van der Waals surface area contributed by atoms with E-state index in [0.29, 0.717) is 10.8 Å². The van der Waals surface area contributed by atoms with Gasteiger partial charge in [-0.25, -0.2) is 0 Å². The van der Waals surface area contributed by atoms with Crippen LogP contribution in [-0.2, 0) is 5.54 Å². The molecule has 0 spiro atoms. The van der Waals surface area contributed by atoms with Crippen molar-refractivity contribution in [2.24, 2.45) is 5.73 Å². The maximum Gasteiger partial charge on any atom is 0.138 e. The van der Waals surface area contributed by atoms with E-state index >= 15 is 0 Å². The molecule has 2 rings (SSSR count). The van der Waals surface area contributed by atoms with Gasteiger partial charge in [0, 0.05) is 17.2 Å². The monoisotopic (exact) mass is 241 g/mol. The quantitative estimate of drug-likeness (QED) is 0.885. The number of rotatable bonds is 3. The molecule has 3 nitrogen and oxygen atoms in total. The fourth-order valence-electron chi connectivity index (χ4n) is 2.08. The molecule has 0 unspecified atom stereocenters. The number of methoxy groups -OCH3 is 2. The molecule has 1 aliphatic rings. The van der Waals surface area contributed by atoms with Crippen LogP contribution in [0.1, 0.15) is 24.8 Å². The van der Waals surface area contributed by atoms with E-state index in [1.807, 2.05) is 6.07 Å². The van der Waals surface area contributed by atoms with Gasteiger partial charge in [0.1, 0.15) is 11.5 Å². The SMILES string of the molecule is COc1cc(C2(N)CCC2)c(OC)cc1Cl. The van der Waals surface area contributed by atoms with Gasteiger partial charge < -0.3 is 15.2 Å². The Labute approximate surface area is 100 Å². The number of halogens is 1. The summed E-state index contributed by atoms with van der Waals surface area (Å²) in [4.78, 5) is 0. The van der Waals surface area contributed by atoms with Crippen LogP contribution >= 0.6 is 11.6 Å². The Morgan fingerprint density at radius 2 is 1.81 bits per heavy atom. The average molecular weight is 242 g/mol. The summed E-state index contributed by atoms with van der Waals surface area (Å²) >= 11 is 6.05. The molecule has 0 saturated heterocycles. The first-order valence-electron chi connectivity index (χ1n) is 5.31. The lowest BCUT2D eigenvalue weighted by molar-refractivity contribution is 0.243. The molecule has 1 fully saturated rings. The molecule has 0 radical (unpaired) electrons. The molecule has 1 saturated carbocycles. The van der Waals surface area contributed by atoms with Crippen molar-refractivity contribution in [3.05, 3.63) is 22.7 Å². The van der Waals surface area contributed by atoms with Crippen molar-refractivity contribution in [3.8, 4) is 11.5 Å². The van der Waals surface area contributed by atoms with Crippen LogP contribution in [0.25, 0.3) is 0 Å². The van der Waals surface area contributed by atoms with Gasteiger partial charge in [-0.15, -0.1) is 0 Å². The van der Waals surface area contributed by atoms with Gasteiger partial charge in [0.2, 0.25) is 0 Å². The number of hydrogen-bond acceptors (Lipinski definition) is 3. The highest BCUT2D eigenvalue weighted by Gasteiger charge is 2.37. The molecule has 0 aliphatic heterocycles. The van der Waals surface area contributed by atoms with E-state index in [4.69, 9.17) is 26.8 Å². The second-order valence-corrected chi connectivity index (χ2v) is 4.60. The highest BCUT2D eigenvalue weighted by Crippen LogP contribution is 2.45. The summed E-state index contributed by atoms with van der Waals surface area (Å²) in [6.07, 6.45) is 3.12. The van der Waals surface area contributed by atoms with Crippen molar-refractivity contribution in [2.75, 3.05) is 14.2 Å². The van der Waals surface area contributed by atoms with Gasteiger partial charge in [-0.3, -0.25) is 0 Å². The van der Waals surface area contributed by atoms with Crippen LogP contribution in [0, 0.1) is 0 Å². The summed E-state index contributed by atoms with van der Waals surface area (Å²) in [5, 5.41) is 0.547. The van der Waals surface area contributed by atoms with Crippen molar-refractivity contribution in [2.45, 2.75) is 24.8 Å². The summed E-state index contributed by atoms with van der Waals surface area (Å²) in [5.74, 6) is 1.39. The second kappa shape index (κ2) is 4.15. The molecule has 88 valence electrons. The van der Waals surface area contributed by atoms with Crippen molar-refractivity contribution >= 4 is 11.6 Å². The van der Waals surface area contributed by atoms with Crippen LogP contribution < -0.4 is 15.2 Å². The fraction of sp³-hybridized carbons (Fsp3) is 0.500. The first-order chi connectivity index (χ1) is 7.60. The molecule has 0 heterocycles. The lowest BCUT2D eigenvalue weighted by atomic mass is 9.72. The maximum absolute atomic E-state index is 6.30. The van der Waals surface area contributed by atoms with E-state index < -0.39 is 0 Å². The molecular weight excluding hydrogens is 226 g/mol. The predicted molar refractivity (Wildman–Crippen MR) is 64.3 cm³/mol. The zero-order valence-electron chi connectivity index (χ0n) is 9.55. The number of ether oxygens (including phenoxy) is 2. The van der Waals surface area contributed by atoms with E-state index in [1.165, 1.54) is 0 Å². The third kappa shape index (κ3) is 1.74. The van der Waals surface area contributed by atoms with Crippen LogP contribution in [-0.4, -0.2) is 14.2 Å². The summed E-state index contributed by atoms with van der Waals surface area (Å²) in [6, 6.07) is 3.66. The van der Waals surface area contributed by atoms with E-state index in [0.717, 1.165) is 30.6 Å². The van der Waals surface area contributed by atoms with Crippen LogP contribution in [0.3, 0.4) is 0 Å². The zero-order chi connectivity index (χ0) is 11.8. The summed E-state index contributed by atoms with van der Waals surface area (Å²) < 4.78 is 10.5. The van der Waals surface area contributed by atoms with Crippen LogP contribution in [0.2, 0.25) is 5.02 Å². The van der Waals surface area contributed by atoms with Crippen molar-refractivity contribution in [3.63, 3.8) is 0 Å². The minimum atomic E-state index is -0.275. The molecule has 1 aliphatic carbocycles. The highest BCUT2D eigenvalue weighted by molar-refractivity contribution is 6.32. The van der Waals surface area contributed by atoms with Crippen molar-refractivity contribution < 1.29 is 9.47 Å². The molecule has 4 heteroatoms. The Bertz CT molecular complexity index is 402. The van der Waals surface area contributed by atoms with Gasteiger partial charge in [-0.05, 0) is 25.3 Å². The van der Waals surface area contributed by atoms with Gasteiger partial charge in [0.05, 0.1) is 19.2 Å². The van der Waals surface area contributed by atoms with Gasteiger partial charge in [-0.2, -0.15) is 0 Å². The third-order valence-electron chi connectivity index (χ3n) is 3.26. The largest absolute Gasteiger partial charge is 0.496 e. The number of nitrogens with two attached hydrogens (primary N) is 1. The minimum absolute atomic E-state index is 0.275. The van der Waals surface area contributed by atoms with Crippen LogP contribution in [0.15, 0.2) is 12.1 Å². The van der Waals surface area contributed by atoms with E-state index in [9.17, 15) is 0 Å². The van der Waals surface area contributed by atoms with Crippen LogP contribution in [0.4, 0.5) is 0 Å². The van der Waals surface area contributed by atoms with E-state index in [2.05, 4.69) is 0 Å². The molecule has 1 aromatic rings. The standard InChI is InChI=1S/C12H16ClNO2/c1-15-10-7-9(13)11(16-2)6-8(10)12(14)4-3-5-12/h6-7H,3-5,14H2,1-2H3. The van der Waals surface area contributed by atoms with Gasteiger partial charge in [0.25, 0.3) is 0 Å². The molecular formula is C12H16ClNO2. The fourth-order valence-corrected chi connectivity index (χ4v) is 2.31. The van der Waals surface area contributed by atoms with Crippen molar-refractivity contribution in [1.29, 1.82) is 0 Å². The number of benzene rings is 1. The predicted octanol–water partition coefficient (Wildman–Crippen LogP) is 2.70. The topological polar surface area (TPSA) is 44.5 Å². The molecule has 1 aromatic carbocycles. The molecule has 0 atom stereocenters. The summed E-state index contributed by atoms with van der Waals surface area (Å²) in [6.45, 7) is 0. The van der Waals surface area contributed by atoms with E-state index in [-0.39, 0.29) is 5.54 Å². The first kappa shape index (κ1) is 11.6. The Morgan fingerprint density at radius 3 is 2.25 bits per heavy atom. The third-order valence-corrected chi connectivity index (χ3v) is 3.55. The Balaban J connectivity index is 2.49. The van der Waals surface area contributed by atoms with Gasteiger partial charge in [-0.1, -0.05) is 11.6 Å². The Morgan fingerprint density at radius 1 is 1.19 bits per heavy atom. The smallest absolute Gasteiger partial charge is 0.138 e. The number of hydrogen-bond donors (Lipinski definition) is 1. The lowest BCUT2D eigenvalue weighted by Gasteiger charge is -2.39. The van der Waals surface area contributed by atoms with Crippen LogP contribution in [0.5, 0.6) is 11.5 Å². The average Bonchev–Trinajstić information content (AvgIpc) is 2.25. The maximum atomic E-state index is 6.30. The van der Waals surface area contributed by atoms with E-state index in [1.54, 1.807) is 20.3 Å². The lowest BCUT2D eigenvalue weighted by Crippen LogP contribution is -2.43. The Kier molecular flexibility index (Phi) is 3.00. The molecule has 0 amide bonds. The minimum Gasteiger partial charge on any atom is -0.496 e. The van der Waals surface area contributed by atoms with Gasteiger partial charge >= 0.3 is 0 Å². The molecule has 16 heavy (non-hydrogen) atoms.